The van der Waals surface area contributed by atoms with Crippen LogP contribution in [0.2, 0.25) is 0 Å². The lowest BCUT2D eigenvalue weighted by atomic mass is 10.1. The minimum absolute atomic E-state index is 0.0987. The van der Waals surface area contributed by atoms with Crippen LogP contribution in [-0.2, 0) is 13.1 Å². The Morgan fingerprint density at radius 3 is 2.70 bits per heavy atom. The molecule has 27 heavy (non-hydrogen) atoms. The standard InChI is InChI=1S/C21H26F2N2O2/c1-27-19-6-2-4-16(12-19)13-25-10-9-24(15-18(25)8-11-26)14-17-5-3-7-20(22)21(17)23/h2-7,12,18,26H,8-11,13-15H2,1H3/t18-/m0/s1. The highest BCUT2D eigenvalue weighted by Gasteiger charge is 2.27. The third kappa shape index (κ3) is 5.03. The Morgan fingerprint density at radius 2 is 1.93 bits per heavy atom. The summed E-state index contributed by atoms with van der Waals surface area (Å²) < 4.78 is 32.7. The Bertz CT molecular complexity index is 757. The SMILES string of the molecule is COc1cccc(CN2CCN(Cc3cccc(F)c3F)C[C@@H]2CCO)c1. The molecular formula is C21H26F2N2O2. The molecule has 1 aliphatic rings. The number of rotatable bonds is 7. The normalized spacial score (nSPS) is 18.6. The molecule has 3 rings (SSSR count). The first-order valence-electron chi connectivity index (χ1n) is 9.23. The molecule has 4 nitrogen and oxygen atoms in total. The first-order chi connectivity index (χ1) is 13.1. The Kier molecular flexibility index (Phi) is 6.77. The number of nitrogens with zero attached hydrogens (tertiary/aromatic N) is 2. The van der Waals surface area contributed by atoms with E-state index in [1.165, 1.54) is 6.07 Å². The van der Waals surface area contributed by atoms with Crippen molar-refractivity contribution in [2.24, 2.45) is 0 Å². The van der Waals surface area contributed by atoms with Crippen molar-refractivity contribution in [1.82, 2.24) is 9.80 Å². The van der Waals surface area contributed by atoms with Crippen LogP contribution < -0.4 is 4.74 Å². The number of halogens is 2. The minimum Gasteiger partial charge on any atom is -0.497 e. The minimum atomic E-state index is -0.809. The lowest BCUT2D eigenvalue weighted by Gasteiger charge is -2.41. The van der Waals surface area contributed by atoms with Crippen molar-refractivity contribution in [3.8, 4) is 5.75 Å². The quantitative estimate of drug-likeness (QED) is 0.806. The highest BCUT2D eigenvalue weighted by molar-refractivity contribution is 5.28. The van der Waals surface area contributed by atoms with Gasteiger partial charge in [0.1, 0.15) is 5.75 Å². The van der Waals surface area contributed by atoms with Crippen LogP contribution in [0.4, 0.5) is 8.78 Å². The molecule has 0 unspecified atom stereocenters. The van der Waals surface area contributed by atoms with Gasteiger partial charge in [-0.25, -0.2) is 8.78 Å². The number of hydrogen-bond acceptors (Lipinski definition) is 4. The summed E-state index contributed by atoms with van der Waals surface area (Å²) in [5.74, 6) is -0.752. The second-order valence-corrected chi connectivity index (χ2v) is 6.94. The molecule has 0 aliphatic carbocycles. The molecule has 146 valence electrons. The molecular weight excluding hydrogens is 350 g/mol. The van der Waals surface area contributed by atoms with Crippen LogP contribution in [0, 0.1) is 11.6 Å². The van der Waals surface area contributed by atoms with E-state index in [4.69, 9.17) is 4.74 Å². The van der Waals surface area contributed by atoms with Crippen molar-refractivity contribution in [2.75, 3.05) is 33.4 Å². The maximum absolute atomic E-state index is 14.0. The fraction of sp³-hybridized carbons (Fsp3) is 0.429. The molecule has 2 aromatic rings. The van der Waals surface area contributed by atoms with E-state index in [1.807, 2.05) is 18.2 Å². The van der Waals surface area contributed by atoms with Crippen molar-refractivity contribution in [1.29, 1.82) is 0 Å². The summed E-state index contributed by atoms with van der Waals surface area (Å²) >= 11 is 0. The maximum atomic E-state index is 14.0. The molecule has 2 aromatic carbocycles. The maximum Gasteiger partial charge on any atom is 0.163 e. The molecule has 1 atom stereocenters. The van der Waals surface area contributed by atoms with Crippen molar-refractivity contribution in [3.63, 3.8) is 0 Å². The number of aliphatic hydroxyl groups excluding tert-OH is 1. The van der Waals surface area contributed by atoms with Gasteiger partial charge in [-0.05, 0) is 30.2 Å². The van der Waals surface area contributed by atoms with Gasteiger partial charge in [0.25, 0.3) is 0 Å². The van der Waals surface area contributed by atoms with Crippen molar-refractivity contribution < 1.29 is 18.6 Å². The third-order valence-electron chi connectivity index (χ3n) is 5.10. The molecule has 0 saturated carbocycles. The monoisotopic (exact) mass is 376 g/mol. The molecule has 6 heteroatoms. The number of aliphatic hydroxyl groups is 1. The lowest BCUT2D eigenvalue weighted by molar-refractivity contribution is 0.0493. The average Bonchev–Trinajstić information content (AvgIpc) is 2.68. The summed E-state index contributed by atoms with van der Waals surface area (Å²) in [4.78, 5) is 4.46. The lowest BCUT2D eigenvalue weighted by Crippen LogP contribution is -2.52. The van der Waals surface area contributed by atoms with Gasteiger partial charge < -0.3 is 9.84 Å². The van der Waals surface area contributed by atoms with Gasteiger partial charge in [-0.2, -0.15) is 0 Å². The van der Waals surface area contributed by atoms with Gasteiger partial charge in [-0.15, -0.1) is 0 Å². The molecule has 0 amide bonds. The van der Waals surface area contributed by atoms with E-state index in [-0.39, 0.29) is 12.6 Å². The second-order valence-electron chi connectivity index (χ2n) is 6.94. The topological polar surface area (TPSA) is 35.9 Å². The number of methoxy groups -OCH3 is 1. The highest BCUT2D eigenvalue weighted by atomic mass is 19.2. The first-order valence-corrected chi connectivity index (χ1v) is 9.23. The molecule has 0 aromatic heterocycles. The molecule has 0 radical (unpaired) electrons. The first kappa shape index (κ1) is 19.7. The van der Waals surface area contributed by atoms with Gasteiger partial charge >= 0.3 is 0 Å². The van der Waals surface area contributed by atoms with Gasteiger partial charge in [0.15, 0.2) is 11.6 Å². The zero-order chi connectivity index (χ0) is 19.2. The van der Waals surface area contributed by atoms with Crippen molar-refractivity contribution in [3.05, 3.63) is 65.2 Å². The Balaban J connectivity index is 1.66. The second kappa shape index (κ2) is 9.26. The molecule has 1 fully saturated rings. The van der Waals surface area contributed by atoms with Crippen LogP contribution in [0.25, 0.3) is 0 Å². The van der Waals surface area contributed by atoms with Gasteiger partial charge in [0, 0.05) is 50.9 Å². The van der Waals surface area contributed by atoms with Crippen LogP contribution in [0.15, 0.2) is 42.5 Å². The average molecular weight is 376 g/mol. The Labute approximate surface area is 159 Å². The van der Waals surface area contributed by atoms with Crippen LogP contribution in [-0.4, -0.2) is 54.3 Å². The van der Waals surface area contributed by atoms with E-state index in [2.05, 4.69) is 15.9 Å². The number of benzene rings is 2. The zero-order valence-corrected chi connectivity index (χ0v) is 15.6. The number of hydrogen-bond donors (Lipinski definition) is 1. The molecule has 1 N–H and O–H groups in total. The van der Waals surface area contributed by atoms with E-state index in [0.29, 0.717) is 25.1 Å². The van der Waals surface area contributed by atoms with Crippen LogP contribution >= 0.6 is 0 Å². The van der Waals surface area contributed by atoms with Crippen LogP contribution in [0.1, 0.15) is 17.5 Å². The van der Waals surface area contributed by atoms with E-state index < -0.39 is 11.6 Å². The van der Waals surface area contributed by atoms with Crippen LogP contribution in [0.3, 0.4) is 0 Å². The molecule has 1 aliphatic heterocycles. The number of ether oxygens (including phenoxy) is 1. The van der Waals surface area contributed by atoms with E-state index >= 15 is 0 Å². The zero-order valence-electron chi connectivity index (χ0n) is 15.6. The van der Waals surface area contributed by atoms with E-state index in [0.717, 1.165) is 37.0 Å². The summed E-state index contributed by atoms with van der Waals surface area (Å²) in [5, 5.41) is 9.47. The fourth-order valence-corrected chi connectivity index (χ4v) is 3.65. The summed E-state index contributed by atoms with van der Waals surface area (Å²) in [5.41, 5.74) is 1.53. The summed E-state index contributed by atoms with van der Waals surface area (Å²) in [7, 11) is 1.65. The predicted molar refractivity (Wildman–Crippen MR) is 101 cm³/mol. The smallest absolute Gasteiger partial charge is 0.163 e. The van der Waals surface area contributed by atoms with Crippen molar-refractivity contribution in [2.45, 2.75) is 25.6 Å². The fourth-order valence-electron chi connectivity index (χ4n) is 3.65. The summed E-state index contributed by atoms with van der Waals surface area (Å²) in [6.07, 6.45) is 0.645. The largest absolute Gasteiger partial charge is 0.497 e. The molecule has 1 saturated heterocycles. The van der Waals surface area contributed by atoms with E-state index in [1.54, 1.807) is 13.2 Å². The van der Waals surface area contributed by atoms with Gasteiger partial charge in [0.2, 0.25) is 0 Å². The van der Waals surface area contributed by atoms with Gasteiger partial charge in [-0.3, -0.25) is 9.80 Å². The predicted octanol–water partition coefficient (Wildman–Crippen LogP) is 3.04. The molecule has 0 bridgehead atoms. The van der Waals surface area contributed by atoms with Gasteiger partial charge in [-0.1, -0.05) is 24.3 Å². The Hall–Kier alpha value is -2.02. The molecule has 1 heterocycles. The van der Waals surface area contributed by atoms with E-state index in [9.17, 15) is 13.9 Å². The van der Waals surface area contributed by atoms with Gasteiger partial charge in [0.05, 0.1) is 7.11 Å². The van der Waals surface area contributed by atoms with Crippen molar-refractivity contribution >= 4 is 0 Å². The summed E-state index contributed by atoms with van der Waals surface area (Å²) in [6.45, 7) is 3.52. The summed E-state index contributed by atoms with van der Waals surface area (Å²) in [6, 6.07) is 12.4. The third-order valence-corrected chi connectivity index (χ3v) is 5.10. The molecule has 0 spiro atoms. The number of piperazine rings is 1. The van der Waals surface area contributed by atoms with Crippen LogP contribution in [0.5, 0.6) is 5.75 Å². The highest BCUT2D eigenvalue weighted by Crippen LogP contribution is 2.21. The Morgan fingerprint density at radius 1 is 1.11 bits per heavy atom.